The lowest BCUT2D eigenvalue weighted by Gasteiger charge is -2.19. The number of carbonyl (C=O) groups excluding carboxylic acids is 1. The summed E-state index contributed by atoms with van der Waals surface area (Å²) in [7, 11) is 1.50. The van der Waals surface area contributed by atoms with Gasteiger partial charge in [-0.3, -0.25) is 4.79 Å². The molecule has 1 amide bonds. The summed E-state index contributed by atoms with van der Waals surface area (Å²) in [6.45, 7) is 0.973. The monoisotopic (exact) mass is 299 g/mol. The van der Waals surface area contributed by atoms with E-state index in [1.807, 2.05) is 60.7 Å². The van der Waals surface area contributed by atoms with Gasteiger partial charge in [0.25, 0.3) is 0 Å². The molecule has 4 heteroatoms. The van der Waals surface area contributed by atoms with Gasteiger partial charge in [0, 0.05) is 7.11 Å². The Hall–Kier alpha value is -2.17. The van der Waals surface area contributed by atoms with Crippen molar-refractivity contribution in [1.29, 1.82) is 0 Å². The van der Waals surface area contributed by atoms with E-state index in [-0.39, 0.29) is 18.6 Å². The first kappa shape index (κ1) is 16.2. The second kappa shape index (κ2) is 8.97. The summed E-state index contributed by atoms with van der Waals surface area (Å²) in [6.07, 6.45) is 0. The Kier molecular flexibility index (Phi) is 6.61. The Morgan fingerprint density at radius 3 is 2.32 bits per heavy atom. The van der Waals surface area contributed by atoms with E-state index in [2.05, 4.69) is 5.32 Å². The van der Waals surface area contributed by atoms with Crippen molar-refractivity contribution in [1.82, 2.24) is 5.32 Å². The third-order valence-corrected chi connectivity index (χ3v) is 3.21. The van der Waals surface area contributed by atoms with Crippen LogP contribution in [0, 0.1) is 0 Å². The van der Waals surface area contributed by atoms with Crippen LogP contribution in [0.2, 0.25) is 0 Å². The number of nitrogens with one attached hydrogen (secondary N) is 1. The minimum atomic E-state index is -0.187. The largest absolute Gasteiger partial charge is 0.375 e. The van der Waals surface area contributed by atoms with E-state index >= 15 is 0 Å². The molecular weight excluding hydrogens is 278 g/mol. The van der Waals surface area contributed by atoms with Gasteiger partial charge in [0.05, 0.1) is 19.3 Å². The maximum atomic E-state index is 11.8. The molecule has 0 radical (unpaired) electrons. The zero-order chi connectivity index (χ0) is 15.6. The Balaban J connectivity index is 1.94. The normalized spacial score (nSPS) is 11.9. The van der Waals surface area contributed by atoms with E-state index in [9.17, 15) is 4.79 Å². The SMILES string of the molecule is COCC(=O)NC(COCc1ccccc1)c1ccccc1. The lowest BCUT2D eigenvalue weighted by molar-refractivity contribution is -0.126. The molecule has 0 fully saturated rings. The molecule has 2 rings (SSSR count). The number of rotatable bonds is 8. The van der Waals surface area contributed by atoms with E-state index in [4.69, 9.17) is 9.47 Å². The zero-order valence-electron chi connectivity index (χ0n) is 12.7. The summed E-state index contributed by atoms with van der Waals surface area (Å²) in [5, 5.41) is 2.93. The van der Waals surface area contributed by atoms with Crippen molar-refractivity contribution in [3.63, 3.8) is 0 Å². The van der Waals surface area contributed by atoms with E-state index < -0.39 is 0 Å². The molecule has 1 unspecified atom stereocenters. The van der Waals surface area contributed by atoms with Crippen molar-refractivity contribution in [2.75, 3.05) is 20.3 Å². The van der Waals surface area contributed by atoms with Crippen LogP contribution in [0.25, 0.3) is 0 Å². The van der Waals surface area contributed by atoms with Gasteiger partial charge >= 0.3 is 0 Å². The Labute approximate surface area is 131 Å². The number of benzene rings is 2. The zero-order valence-corrected chi connectivity index (χ0v) is 12.7. The summed E-state index contributed by atoms with van der Waals surface area (Å²) < 4.78 is 10.6. The molecule has 0 saturated carbocycles. The maximum Gasteiger partial charge on any atom is 0.246 e. The van der Waals surface area contributed by atoms with Crippen molar-refractivity contribution < 1.29 is 14.3 Å². The smallest absolute Gasteiger partial charge is 0.246 e. The van der Waals surface area contributed by atoms with Gasteiger partial charge in [0.1, 0.15) is 6.61 Å². The molecule has 4 nitrogen and oxygen atoms in total. The van der Waals surface area contributed by atoms with Crippen LogP contribution in [-0.2, 0) is 20.9 Å². The van der Waals surface area contributed by atoms with Crippen molar-refractivity contribution in [3.05, 3.63) is 71.8 Å². The number of ether oxygens (including phenoxy) is 2. The number of methoxy groups -OCH3 is 1. The minimum absolute atomic E-state index is 0.0437. The number of hydrogen-bond donors (Lipinski definition) is 1. The third-order valence-electron chi connectivity index (χ3n) is 3.21. The summed E-state index contributed by atoms with van der Waals surface area (Å²) in [6, 6.07) is 19.6. The van der Waals surface area contributed by atoms with Crippen LogP contribution in [0.1, 0.15) is 17.2 Å². The Morgan fingerprint density at radius 1 is 1.05 bits per heavy atom. The molecule has 116 valence electrons. The van der Waals surface area contributed by atoms with E-state index in [1.165, 1.54) is 7.11 Å². The summed E-state index contributed by atoms with van der Waals surface area (Å²) >= 11 is 0. The van der Waals surface area contributed by atoms with Crippen LogP contribution in [-0.4, -0.2) is 26.2 Å². The highest BCUT2D eigenvalue weighted by Crippen LogP contribution is 2.14. The fourth-order valence-corrected chi connectivity index (χ4v) is 2.14. The quantitative estimate of drug-likeness (QED) is 0.815. The lowest BCUT2D eigenvalue weighted by Crippen LogP contribution is -2.33. The minimum Gasteiger partial charge on any atom is -0.375 e. The van der Waals surface area contributed by atoms with Crippen LogP contribution >= 0.6 is 0 Å². The van der Waals surface area contributed by atoms with Crippen LogP contribution < -0.4 is 5.32 Å². The van der Waals surface area contributed by atoms with Crippen LogP contribution in [0.4, 0.5) is 0 Å². The summed E-state index contributed by atoms with van der Waals surface area (Å²) in [5.74, 6) is -0.153. The highest BCUT2D eigenvalue weighted by atomic mass is 16.5. The molecule has 0 aliphatic heterocycles. The second-order valence-corrected chi connectivity index (χ2v) is 4.96. The first-order valence-electron chi connectivity index (χ1n) is 7.24. The average molecular weight is 299 g/mol. The molecule has 2 aromatic carbocycles. The highest BCUT2D eigenvalue weighted by Gasteiger charge is 2.14. The molecule has 0 saturated heterocycles. The van der Waals surface area contributed by atoms with Gasteiger partial charge in [-0.15, -0.1) is 0 Å². The van der Waals surface area contributed by atoms with Gasteiger partial charge in [-0.1, -0.05) is 60.7 Å². The Bertz CT molecular complexity index is 557. The summed E-state index contributed by atoms with van der Waals surface area (Å²) in [4.78, 5) is 11.8. The average Bonchev–Trinajstić information content (AvgIpc) is 2.56. The lowest BCUT2D eigenvalue weighted by atomic mass is 10.1. The first-order valence-corrected chi connectivity index (χ1v) is 7.24. The standard InChI is InChI=1S/C18H21NO3/c1-21-14-18(20)19-17(16-10-6-3-7-11-16)13-22-12-15-8-4-2-5-9-15/h2-11,17H,12-14H2,1H3,(H,19,20). The van der Waals surface area contributed by atoms with Gasteiger partial charge in [-0.2, -0.15) is 0 Å². The van der Waals surface area contributed by atoms with Crippen LogP contribution in [0.5, 0.6) is 0 Å². The molecule has 0 spiro atoms. The van der Waals surface area contributed by atoms with Crippen molar-refractivity contribution >= 4 is 5.91 Å². The van der Waals surface area contributed by atoms with Gasteiger partial charge in [0.2, 0.25) is 5.91 Å². The van der Waals surface area contributed by atoms with Gasteiger partial charge < -0.3 is 14.8 Å². The van der Waals surface area contributed by atoms with Crippen LogP contribution in [0.3, 0.4) is 0 Å². The van der Waals surface area contributed by atoms with Gasteiger partial charge in [-0.25, -0.2) is 0 Å². The van der Waals surface area contributed by atoms with Crippen LogP contribution in [0.15, 0.2) is 60.7 Å². The molecule has 1 N–H and O–H groups in total. The second-order valence-electron chi connectivity index (χ2n) is 4.96. The van der Waals surface area contributed by atoms with Crippen molar-refractivity contribution in [3.8, 4) is 0 Å². The Morgan fingerprint density at radius 2 is 1.68 bits per heavy atom. The number of amides is 1. The highest BCUT2D eigenvalue weighted by molar-refractivity contribution is 5.77. The molecule has 0 aliphatic rings. The maximum absolute atomic E-state index is 11.8. The van der Waals surface area contributed by atoms with Crippen molar-refractivity contribution in [2.24, 2.45) is 0 Å². The van der Waals surface area contributed by atoms with Gasteiger partial charge in [-0.05, 0) is 11.1 Å². The van der Waals surface area contributed by atoms with E-state index in [0.717, 1.165) is 11.1 Å². The predicted octanol–water partition coefficient (Wildman–Crippen LogP) is 2.71. The van der Waals surface area contributed by atoms with E-state index in [1.54, 1.807) is 0 Å². The first-order chi connectivity index (χ1) is 10.8. The fraction of sp³-hybridized carbons (Fsp3) is 0.278. The molecular formula is C18H21NO3. The fourth-order valence-electron chi connectivity index (χ4n) is 2.14. The number of hydrogen-bond acceptors (Lipinski definition) is 3. The van der Waals surface area contributed by atoms with Gasteiger partial charge in [0.15, 0.2) is 0 Å². The predicted molar refractivity (Wildman–Crippen MR) is 85.3 cm³/mol. The molecule has 22 heavy (non-hydrogen) atoms. The molecule has 2 aromatic rings. The van der Waals surface area contributed by atoms with E-state index in [0.29, 0.717) is 13.2 Å². The molecule has 1 atom stereocenters. The molecule has 0 heterocycles. The molecule has 0 bridgehead atoms. The topological polar surface area (TPSA) is 47.6 Å². The summed E-state index contributed by atoms with van der Waals surface area (Å²) in [5.41, 5.74) is 2.12. The van der Waals surface area contributed by atoms with Crippen molar-refractivity contribution in [2.45, 2.75) is 12.6 Å². The number of carbonyl (C=O) groups is 1. The molecule has 0 aromatic heterocycles. The molecule has 0 aliphatic carbocycles. The third kappa shape index (κ3) is 5.31.